The number of hydrogen-bond donors (Lipinski definition) is 3. The second-order valence-corrected chi connectivity index (χ2v) is 8.29. The molecule has 6 aromatic rings. The molecule has 0 radical (unpaired) electrons. The van der Waals surface area contributed by atoms with Gasteiger partial charge in [0.2, 0.25) is 0 Å². The molecule has 0 spiro atoms. The van der Waals surface area contributed by atoms with Gasteiger partial charge < -0.3 is 15.7 Å². The Morgan fingerprint density at radius 3 is 2.48 bits per heavy atom. The standard InChI is InChI=1S/C26H16ClFN4O/c27-19-2-1-3-20(28)22(19)25-31-23-16-9-6-14(13-4-7-15(29)8-5-13)12-18(16)21-17(24(23)32-25)10-11-30-26(21)33/h1-12H,29H2,(H,30,33)(H,31,32). The molecule has 0 amide bonds. The molecule has 0 bridgehead atoms. The summed E-state index contributed by atoms with van der Waals surface area (Å²) in [6.07, 6.45) is 1.59. The minimum atomic E-state index is -0.473. The molecule has 5 nitrogen and oxygen atoms in total. The summed E-state index contributed by atoms with van der Waals surface area (Å²) in [5.74, 6) is -0.163. The molecule has 0 aliphatic carbocycles. The maximum absolute atomic E-state index is 14.6. The van der Waals surface area contributed by atoms with E-state index < -0.39 is 5.82 Å². The zero-order valence-corrected chi connectivity index (χ0v) is 17.9. The fraction of sp³-hybridized carbons (Fsp3) is 0. The van der Waals surface area contributed by atoms with E-state index in [1.165, 1.54) is 6.07 Å². The van der Waals surface area contributed by atoms with E-state index in [2.05, 4.69) is 9.97 Å². The van der Waals surface area contributed by atoms with Gasteiger partial charge in [0.15, 0.2) is 0 Å². The minimum Gasteiger partial charge on any atom is -0.399 e. The van der Waals surface area contributed by atoms with Crippen molar-refractivity contribution in [3.8, 4) is 22.5 Å². The van der Waals surface area contributed by atoms with Crippen LogP contribution in [0.25, 0.3) is 55.1 Å². The Labute approximate surface area is 191 Å². The Bertz CT molecular complexity index is 1750. The molecule has 2 heterocycles. The second-order valence-electron chi connectivity index (χ2n) is 7.88. The van der Waals surface area contributed by atoms with E-state index in [1.54, 1.807) is 18.3 Å². The van der Waals surface area contributed by atoms with Gasteiger partial charge in [0.05, 0.1) is 27.0 Å². The zero-order valence-electron chi connectivity index (χ0n) is 17.1. The van der Waals surface area contributed by atoms with Gasteiger partial charge in [-0.05, 0) is 52.9 Å². The predicted molar refractivity (Wildman–Crippen MR) is 132 cm³/mol. The average Bonchev–Trinajstić information content (AvgIpc) is 3.24. The Hall–Kier alpha value is -4.16. The van der Waals surface area contributed by atoms with E-state index in [0.717, 1.165) is 21.9 Å². The number of rotatable bonds is 2. The molecule has 7 heteroatoms. The summed E-state index contributed by atoms with van der Waals surface area (Å²) >= 11 is 6.29. The number of halogens is 2. The Morgan fingerprint density at radius 2 is 1.70 bits per heavy atom. The Morgan fingerprint density at radius 1 is 0.909 bits per heavy atom. The van der Waals surface area contributed by atoms with Gasteiger partial charge in [0.1, 0.15) is 11.6 Å². The average molecular weight is 455 g/mol. The molecular weight excluding hydrogens is 439 g/mol. The van der Waals surface area contributed by atoms with E-state index in [4.69, 9.17) is 22.3 Å². The van der Waals surface area contributed by atoms with Crippen LogP contribution in [0, 0.1) is 5.82 Å². The third-order valence-corrected chi connectivity index (χ3v) is 6.24. The normalized spacial score (nSPS) is 11.6. The molecule has 4 N–H and O–H groups in total. The minimum absolute atomic E-state index is 0.194. The fourth-order valence-electron chi connectivity index (χ4n) is 4.37. The van der Waals surface area contributed by atoms with E-state index in [-0.39, 0.29) is 16.1 Å². The highest BCUT2D eigenvalue weighted by atomic mass is 35.5. The molecule has 0 aliphatic heterocycles. The van der Waals surface area contributed by atoms with Crippen molar-refractivity contribution >= 4 is 49.9 Å². The number of hydrogen-bond acceptors (Lipinski definition) is 3. The van der Waals surface area contributed by atoms with Crippen molar-refractivity contribution in [2.45, 2.75) is 0 Å². The van der Waals surface area contributed by atoms with Crippen LogP contribution in [-0.2, 0) is 0 Å². The molecule has 0 saturated heterocycles. The molecule has 0 fully saturated rings. The number of imidazole rings is 1. The number of aromatic nitrogens is 3. The third kappa shape index (κ3) is 2.99. The molecule has 0 unspecified atom stereocenters. The first-order valence-corrected chi connectivity index (χ1v) is 10.7. The van der Waals surface area contributed by atoms with Gasteiger partial charge in [-0.1, -0.05) is 41.9 Å². The Kier molecular flexibility index (Phi) is 4.25. The lowest BCUT2D eigenvalue weighted by Crippen LogP contribution is -2.05. The third-order valence-electron chi connectivity index (χ3n) is 5.92. The highest BCUT2D eigenvalue weighted by Crippen LogP contribution is 2.37. The lowest BCUT2D eigenvalue weighted by Gasteiger charge is -2.08. The van der Waals surface area contributed by atoms with E-state index in [1.807, 2.05) is 48.5 Å². The van der Waals surface area contributed by atoms with Crippen molar-refractivity contribution in [1.82, 2.24) is 15.0 Å². The van der Waals surface area contributed by atoms with Crippen LogP contribution < -0.4 is 11.3 Å². The van der Waals surface area contributed by atoms with Crippen molar-refractivity contribution in [1.29, 1.82) is 0 Å². The quantitative estimate of drug-likeness (QED) is 0.213. The lowest BCUT2D eigenvalue weighted by atomic mass is 9.96. The number of H-pyrrole nitrogens is 2. The summed E-state index contributed by atoms with van der Waals surface area (Å²) in [5, 5.41) is 3.02. The first-order chi connectivity index (χ1) is 16.0. The van der Waals surface area contributed by atoms with Crippen LogP contribution in [0.2, 0.25) is 5.02 Å². The lowest BCUT2D eigenvalue weighted by molar-refractivity contribution is 0.630. The van der Waals surface area contributed by atoms with Gasteiger partial charge in [-0.2, -0.15) is 0 Å². The molecule has 4 aromatic carbocycles. The molecule has 0 saturated carbocycles. The molecular formula is C26H16ClFN4O. The summed E-state index contributed by atoms with van der Waals surface area (Å²) in [7, 11) is 0. The van der Waals surface area contributed by atoms with Gasteiger partial charge in [-0.25, -0.2) is 9.37 Å². The highest BCUT2D eigenvalue weighted by molar-refractivity contribution is 6.33. The fourth-order valence-corrected chi connectivity index (χ4v) is 4.62. The first-order valence-electron chi connectivity index (χ1n) is 10.3. The Balaban J connectivity index is 1.73. The number of nitrogens with one attached hydrogen (secondary N) is 2. The first kappa shape index (κ1) is 19.5. The van der Waals surface area contributed by atoms with E-state index in [9.17, 15) is 9.18 Å². The summed E-state index contributed by atoms with van der Waals surface area (Å²) in [6, 6.07) is 19.8. The summed E-state index contributed by atoms with van der Waals surface area (Å²) in [6.45, 7) is 0. The summed E-state index contributed by atoms with van der Waals surface area (Å²) in [4.78, 5) is 23.6. The van der Waals surface area contributed by atoms with Crippen LogP contribution in [-0.4, -0.2) is 15.0 Å². The van der Waals surface area contributed by atoms with Gasteiger partial charge >= 0.3 is 0 Å². The molecule has 2 aromatic heterocycles. The SMILES string of the molecule is Nc1ccc(-c2ccc3c(c2)c2c(=O)[nH]ccc2c2[nH]c(-c4c(F)cccc4Cl)nc32)cc1. The van der Waals surface area contributed by atoms with Gasteiger partial charge in [0, 0.05) is 22.7 Å². The molecule has 33 heavy (non-hydrogen) atoms. The smallest absolute Gasteiger partial charge is 0.256 e. The van der Waals surface area contributed by atoms with Gasteiger partial charge in [-0.3, -0.25) is 4.79 Å². The van der Waals surface area contributed by atoms with Crippen molar-refractivity contribution in [3.63, 3.8) is 0 Å². The molecule has 160 valence electrons. The summed E-state index contributed by atoms with van der Waals surface area (Å²) in [5.41, 5.74) is 9.70. The number of aromatic amines is 2. The van der Waals surface area contributed by atoms with Crippen molar-refractivity contribution in [2.24, 2.45) is 0 Å². The molecule has 0 atom stereocenters. The zero-order chi connectivity index (χ0) is 22.7. The maximum Gasteiger partial charge on any atom is 0.256 e. The van der Waals surface area contributed by atoms with Crippen molar-refractivity contribution < 1.29 is 4.39 Å². The number of benzene rings is 4. The predicted octanol–water partition coefficient (Wildman–Crippen LogP) is 6.27. The van der Waals surface area contributed by atoms with Crippen molar-refractivity contribution in [2.75, 3.05) is 5.73 Å². The number of nitrogens with zero attached hydrogens (tertiary/aromatic N) is 1. The second kappa shape index (κ2) is 7.18. The largest absolute Gasteiger partial charge is 0.399 e. The van der Waals surface area contributed by atoms with Crippen LogP contribution in [0.1, 0.15) is 0 Å². The molecule has 0 aliphatic rings. The summed E-state index contributed by atoms with van der Waals surface area (Å²) < 4.78 is 14.6. The number of nitrogen functional groups attached to an aromatic ring is 1. The molecule has 6 rings (SSSR count). The number of fused-ring (bicyclic) bond motifs is 6. The van der Waals surface area contributed by atoms with Gasteiger partial charge in [0.25, 0.3) is 5.56 Å². The number of pyridine rings is 1. The van der Waals surface area contributed by atoms with Crippen LogP contribution in [0.15, 0.2) is 77.7 Å². The number of anilines is 1. The monoisotopic (exact) mass is 454 g/mol. The van der Waals surface area contributed by atoms with Crippen molar-refractivity contribution in [3.05, 3.63) is 94.1 Å². The van der Waals surface area contributed by atoms with Crippen LogP contribution in [0.5, 0.6) is 0 Å². The number of nitrogens with two attached hydrogens (primary N) is 1. The van der Waals surface area contributed by atoms with Crippen LogP contribution in [0.4, 0.5) is 10.1 Å². The van der Waals surface area contributed by atoms with Gasteiger partial charge in [-0.15, -0.1) is 0 Å². The van der Waals surface area contributed by atoms with E-state index in [0.29, 0.717) is 33.3 Å². The highest BCUT2D eigenvalue weighted by Gasteiger charge is 2.19. The van der Waals surface area contributed by atoms with E-state index >= 15 is 0 Å². The maximum atomic E-state index is 14.6. The van der Waals surface area contributed by atoms with Crippen LogP contribution >= 0.6 is 11.6 Å². The van der Waals surface area contributed by atoms with Crippen LogP contribution in [0.3, 0.4) is 0 Å². The topological polar surface area (TPSA) is 87.6 Å².